The van der Waals surface area contributed by atoms with Gasteiger partial charge < -0.3 is 51.2 Å². The summed E-state index contributed by atoms with van der Waals surface area (Å²) >= 11 is 0. The van der Waals surface area contributed by atoms with Crippen LogP contribution in [0.15, 0.2) is 97.1 Å². The fourth-order valence-electron chi connectivity index (χ4n) is 7.90. The van der Waals surface area contributed by atoms with E-state index >= 15 is 0 Å². The van der Waals surface area contributed by atoms with Gasteiger partial charge in [0.05, 0.1) is 90.7 Å². The molecule has 0 unspecified atom stereocenters. The van der Waals surface area contributed by atoms with Gasteiger partial charge in [0.15, 0.2) is 0 Å². The van der Waals surface area contributed by atoms with Crippen molar-refractivity contribution in [3.8, 4) is 34.5 Å². The molecule has 31 heteroatoms. The van der Waals surface area contributed by atoms with Crippen LogP contribution in [-0.2, 0) is 50.6 Å². The standard InChI is InChI=1S/C59H72O21S5.5Na/c1-75-56-42-53(27-23-49-18-14-47(15-19-49)21-25-51-29-31-55(77-33-3-8-38-82(63,64)65)45-59(51)80-36-6-11-41-85(72,73)74)57(78-34-4-9-39-83(66,67)68)43-52(56)26-22-48-16-12-46(13-17-48)20-24-50-28-30-54(76-32-2-7-37-81(60,61)62)44-58(50)79-35-5-10-40-84(69,70)71;;;;;/h12-31,42-45H,2-11,32-41H2,1H3,(H,60,61,62)(H,63,64,65)(H,66,67,68)(H,69,70,71)(H,72,73,74);;;;;/q;5*+1/p-5/b24-20+,25-21+,26-22+,27-23+;;;;;. The Labute approximate surface area is 640 Å². The van der Waals surface area contributed by atoms with E-state index in [1.54, 1.807) is 48.5 Å². The smallest absolute Gasteiger partial charge is 0.748 e. The molecule has 5 aromatic rings. The Kier molecular flexibility index (Phi) is 44.2. The van der Waals surface area contributed by atoms with Gasteiger partial charge in [-0.1, -0.05) is 97.1 Å². The van der Waals surface area contributed by atoms with Gasteiger partial charge in [0, 0.05) is 63.2 Å². The van der Waals surface area contributed by atoms with Gasteiger partial charge in [-0.25, -0.2) is 42.1 Å². The van der Waals surface area contributed by atoms with Gasteiger partial charge in [0.1, 0.15) is 34.5 Å². The maximum atomic E-state index is 11.3. The van der Waals surface area contributed by atoms with Gasteiger partial charge in [-0.15, -0.1) is 0 Å². The van der Waals surface area contributed by atoms with Crippen molar-refractivity contribution >= 4 is 99.2 Å². The molecular weight excluding hydrogens is 1320 g/mol. The molecule has 0 saturated carbocycles. The van der Waals surface area contributed by atoms with E-state index in [1.165, 1.54) is 7.11 Å². The van der Waals surface area contributed by atoms with Crippen molar-refractivity contribution in [1.29, 1.82) is 0 Å². The first kappa shape index (κ1) is 88.4. The normalized spacial score (nSPS) is 11.9. The van der Waals surface area contributed by atoms with Gasteiger partial charge >= 0.3 is 148 Å². The fourth-order valence-corrected chi connectivity index (χ4v) is 10.7. The summed E-state index contributed by atoms with van der Waals surface area (Å²) in [6.07, 6.45) is 17.0. The Morgan fingerprint density at radius 1 is 0.289 bits per heavy atom. The largest absolute Gasteiger partial charge is 1.00 e. The molecule has 0 spiro atoms. The number of methoxy groups -OCH3 is 1. The van der Waals surface area contributed by atoms with E-state index in [-0.39, 0.29) is 213 Å². The van der Waals surface area contributed by atoms with Crippen LogP contribution in [0.4, 0.5) is 0 Å². The Morgan fingerprint density at radius 3 is 0.789 bits per heavy atom. The first-order valence-corrected chi connectivity index (χ1v) is 34.8. The molecule has 0 saturated heterocycles. The van der Waals surface area contributed by atoms with Crippen molar-refractivity contribution in [3.05, 3.63) is 142 Å². The molecule has 0 aromatic heterocycles. The zero-order valence-electron chi connectivity index (χ0n) is 51.6. The van der Waals surface area contributed by atoms with Crippen LogP contribution >= 0.6 is 0 Å². The van der Waals surface area contributed by atoms with Crippen LogP contribution in [0, 0.1) is 0 Å². The predicted molar refractivity (Wildman–Crippen MR) is 321 cm³/mol. The van der Waals surface area contributed by atoms with Crippen LogP contribution in [0.3, 0.4) is 0 Å². The van der Waals surface area contributed by atoms with Crippen LogP contribution < -0.4 is 176 Å². The van der Waals surface area contributed by atoms with Crippen LogP contribution in [0.1, 0.15) is 109 Å². The summed E-state index contributed by atoms with van der Waals surface area (Å²) in [5.41, 5.74) is 5.98. The van der Waals surface area contributed by atoms with E-state index in [2.05, 4.69) is 0 Å². The molecule has 0 fully saturated rings. The first-order valence-electron chi connectivity index (χ1n) is 26.9. The number of ether oxygens (including phenoxy) is 6. The second kappa shape index (κ2) is 45.0. The zero-order chi connectivity index (χ0) is 61.9. The molecule has 5 aromatic carbocycles. The van der Waals surface area contributed by atoms with Gasteiger partial charge in [0.2, 0.25) is 0 Å². The van der Waals surface area contributed by atoms with Crippen molar-refractivity contribution in [2.24, 2.45) is 0 Å². The minimum absolute atomic E-state index is 0. The molecule has 0 amide bonds. The topological polar surface area (TPSA) is 341 Å². The third-order valence-electron chi connectivity index (χ3n) is 12.3. The maximum Gasteiger partial charge on any atom is 1.00 e. The number of hydrogen-bond acceptors (Lipinski definition) is 21. The summed E-state index contributed by atoms with van der Waals surface area (Å²) < 4.78 is 201. The van der Waals surface area contributed by atoms with Gasteiger partial charge in [-0.05, 0) is 123 Å². The van der Waals surface area contributed by atoms with E-state index in [1.807, 2.05) is 97.1 Å². The third kappa shape index (κ3) is 38.8. The average molecular weight is 1390 g/mol. The Balaban J connectivity index is 0.0000158. The molecular formula is C59H67Na5O21S5. The molecule has 0 aliphatic carbocycles. The fraction of sp³-hybridized carbons (Fsp3) is 0.356. The van der Waals surface area contributed by atoms with Crippen LogP contribution in [0.25, 0.3) is 48.6 Å². The van der Waals surface area contributed by atoms with Gasteiger partial charge in [-0.3, -0.25) is 0 Å². The number of rotatable bonds is 39. The number of hydrogen-bond donors (Lipinski definition) is 0. The van der Waals surface area contributed by atoms with Crippen LogP contribution in [-0.4, -0.2) is 134 Å². The minimum Gasteiger partial charge on any atom is -0.748 e. The molecule has 21 nitrogen and oxygen atoms in total. The van der Waals surface area contributed by atoms with Crippen LogP contribution in [0.5, 0.6) is 34.5 Å². The number of unbranched alkanes of at least 4 members (excludes halogenated alkanes) is 5. The molecule has 0 bridgehead atoms. The molecule has 90 heavy (non-hydrogen) atoms. The predicted octanol–water partition coefficient (Wildman–Crippen LogP) is -6.08. The Bertz CT molecular complexity index is 3680. The van der Waals surface area contributed by atoms with Crippen molar-refractivity contribution in [1.82, 2.24) is 0 Å². The average Bonchev–Trinajstić information content (AvgIpc) is 0.979. The molecule has 0 aliphatic rings. The summed E-state index contributed by atoms with van der Waals surface area (Å²) in [4.78, 5) is 0. The zero-order valence-corrected chi connectivity index (χ0v) is 65.7. The second-order valence-electron chi connectivity index (χ2n) is 19.3. The first-order chi connectivity index (χ1) is 40.2. The summed E-state index contributed by atoms with van der Waals surface area (Å²) in [6.45, 7) is 0.660. The molecule has 0 heterocycles. The molecule has 0 N–H and O–H groups in total. The maximum absolute atomic E-state index is 11.3. The van der Waals surface area contributed by atoms with E-state index in [0.717, 1.165) is 22.3 Å². The number of benzene rings is 5. The van der Waals surface area contributed by atoms with E-state index in [4.69, 9.17) is 28.4 Å². The van der Waals surface area contributed by atoms with E-state index < -0.39 is 79.4 Å². The molecule has 0 radical (unpaired) electrons. The molecule has 464 valence electrons. The van der Waals surface area contributed by atoms with E-state index in [0.29, 0.717) is 88.9 Å². The second-order valence-corrected chi connectivity index (χ2v) is 26.9. The van der Waals surface area contributed by atoms with Crippen molar-refractivity contribution in [2.45, 2.75) is 64.2 Å². The SMILES string of the molecule is COc1cc(/C=C/c2ccc(/C=C/c3ccc(OCCCCS(=O)(=O)[O-])cc3OCCCCS(=O)(=O)[O-])cc2)c(OCCCCS(=O)(=O)[O-])cc1/C=C/c1ccc(/C=C/c2ccc(OCCCCS(=O)(=O)[O-])cc2OCCCCS(=O)(=O)[O-])cc1.[Na+].[Na+].[Na+].[Na+].[Na+]. The Morgan fingerprint density at radius 2 is 0.522 bits per heavy atom. The summed E-state index contributed by atoms with van der Waals surface area (Å²) in [7, 11) is -20.3. The molecule has 0 aliphatic heterocycles. The molecule has 5 rings (SSSR count). The summed E-state index contributed by atoms with van der Waals surface area (Å²) in [5, 5.41) is 0. The minimum atomic E-state index is -4.40. The summed E-state index contributed by atoms with van der Waals surface area (Å²) in [5.74, 6) is 0.134. The monoisotopic (exact) mass is 1390 g/mol. The van der Waals surface area contributed by atoms with Gasteiger partial charge in [-0.2, -0.15) is 0 Å². The van der Waals surface area contributed by atoms with Crippen LogP contribution in [0.2, 0.25) is 0 Å². The Hall–Kier alpha value is -1.59. The molecule has 0 atom stereocenters. The van der Waals surface area contributed by atoms with Crippen molar-refractivity contribution in [2.75, 3.05) is 68.9 Å². The van der Waals surface area contributed by atoms with Crippen molar-refractivity contribution in [3.63, 3.8) is 0 Å². The third-order valence-corrected chi connectivity index (χ3v) is 16.2. The quantitative estimate of drug-likeness (QED) is 0.0153. The van der Waals surface area contributed by atoms with E-state index in [9.17, 15) is 64.9 Å². The van der Waals surface area contributed by atoms with Gasteiger partial charge in [0.25, 0.3) is 0 Å². The van der Waals surface area contributed by atoms with Crippen molar-refractivity contribution < 1.29 is 241 Å². The summed E-state index contributed by atoms with van der Waals surface area (Å²) in [6, 6.07) is 29.0.